The Morgan fingerprint density at radius 1 is 1.19 bits per heavy atom. The zero-order chi connectivity index (χ0) is 12.0. The molecule has 4 heteroatoms. The van der Waals surface area contributed by atoms with Crippen LogP contribution in [0.5, 0.6) is 0 Å². The molecule has 86 valence electrons. The minimum atomic E-state index is -4.28. The summed E-state index contributed by atoms with van der Waals surface area (Å²) in [7, 11) is 1.82. The van der Waals surface area contributed by atoms with Crippen LogP contribution >= 0.6 is 0 Å². The van der Waals surface area contributed by atoms with Gasteiger partial charge < -0.3 is 5.32 Å². The van der Waals surface area contributed by atoms with Gasteiger partial charge in [0.15, 0.2) is 0 Å². The Labute approximate surface area is 92.7 Å². The van der Waals surface area contributed by atoms with Gasteiger partial charge in [0.25, 0.3) is 0 Å². The van der Waals surface area contributed by atoms with Crippen molar-refractivity contribution in [2.24, 2.45) is 0 Å². The van der Waals surface area contributed by atoms with E-state index < -0.39 is 11.7 Å². The molecule has 1 aromatic carbocycles. The van der Waals surface area contributed by atoms with E-state index in [4.69, 9.17) is 0 Å². The van der Waals surface area contributed by atoms with E-state index in [1.807, 2.05) is 7.05 Å². The SMILES string of the molecule is CNCCC#Cc1ccc(C(F)(F)F)cc1. The predicted octanol–water partition coefficient (Wildman–Crippen LogP) is 2.67. The van der Waals surface area contributed by atoms with E-state index in [1.165, 1.54) is 12.1 Å². The smallest absolute Gasteiger partial charge is 0.319 e. The molecule has 0 heterocycles. The van der Waals surface area contributed by atoms with Gasteiger partial charge in [-0.15, -0.1) is 0 Å². The molecule has 0 atom stereocenters. The van der Waals surface area contributed by atoms with Crippen LogP contribution in [0.1, 0.15) is 17.5 Å². The van der Waals surface area contributed by atoms with E-state index in [0.29, 0.717) is 12.0 Å². The molecule has 1 nitrogen and oxygen atoms in total. The Kier molecular flexibility index (Phi) is 4.39. The summed E-state index contributed by atoms with van der Waals surface area (Å²) >= 11 is 0. The van der Waals surface area contributed by atoms with Gasteiger partial charge >= 0.3 is 6.18 Å². The summed E-state index contributed by atoms with van der Waals surface area (Å²) in [4.78, 5) is 0. The third-order valence-electron chi connectivity index (χ3n) is 1.94. The highest BCUT2D eigenvalue weighted by Gasteiger charge is 2.29. The fraction of sp³-hybridized carbons (Fsp3) is 0.333. The molecule has 0 spiro atoms. The van der Waals surface area contributed by atoms with Crippen LogP contribution in [0, 0.1) is 11.8 Å². The van der Waals surface area contributed by atoms with Gasteiger partial charge in [0.1, 0.15) is 0 Å². The van der Waals surface area contributed by atoms with Gasteiger partial charge in [0.05, 0.1) is 5.56 Å². The molecule has 0 saturated heterocycles. The molecule has 1 N–H and O–H groups in total. The Bertz CT molecular complexity index is 381. The summed E-state index contributed by atoms with van der Waals surface area (Å²) in [5.41, 5.74) is -0.0441. The molecular formula is C12H12F3N. The summed E-state index contributed by atoms with van der Waals surface area (Å²) in [6, 6.07) is 4.86. The number of nitrogens with one attached hydrogen (secondary N) is 1. The lowest BCUT2D eigenvalue weighted by atomic mass is 10.1. The molecule has 16 heavy (non-hydrogen) atoms. The molecule has 0 aliphatic rings. The highest BCUT2D eigenvalue weighted by molar-refractivity contribution is 5.36. The number of rotatable bonds is 2. The van der Waals surface area contributed by atoms with Gasteiger partial charge in [-0.2, -0.15) is 13.2 Å². The van der Waals surface area contributed by atoms with Crippen molar-refractivity contribution < 1.29 is 13.2 Å². The monoisotopic (exact) mass is 227 g/mol. The van der Waals surface area contributed by atoms with E-state index in [-0.39, 0.29) is 0 Å². The topological polar surface area (TPSA) is 12.0 Å². The van der Waals surface area contributed by atoms with Gasteiger partial charge in [0.2, 0.25) is 0 Å². The summed E-state index contributed by atoms with van der Waals surface area (Å²) in [6.07, 6.45) is -3.60. The van der Waals surface area contributed by atoms with Gasteiger partial charge in [-0.25, -0.2) is 0 Å². The maximum Gasteiger partial charge on any atom is 0.416 e. The summed E-state index contributed by atoms with van der Waals surface area (Å²) in [5.74, 6) is 5.67. The van der Waals surface area contributed by atoms with E-state index in [0.717, 1.165) is 18.7 Å². The lowest BCUT2D eigenvalue weighted by Gasteiger charge is -2.05. The van der Waals surface area contributed by atoms with E-state index >= 15 is 0 Å². The molecule has 0 amide bonds. The number of alkyl halides is 3. The lowest BCUT2D eigenvalue weighted by Crippen LogP contribution is -2.06. The minimum Gasteiger partial charge on any atom is -0.319 e. The molecule has 0 fully saturated rings. The molecule has 0 aliphatic heterocycles. The van der Waals surface area contributed by atoms with Gasteiger partial charge in [-0.1, -0.05) is 11.8 Å². The van der Waals surface area contributed by atoms with Gasteiger partial charge in [-0.3, -0.25) is 0 Å². The van der Waals surface area contributed by atoms with Crippen LogP contribution in [0.2, 0.25) is 0 Å². The minimum absolute atomic E-state index is 0.601. The van der Waals surface area contributed by atoms with Gasteiger partial charge in [0, 0.05) is 18.5 Å². The maximum absolute atomic E-state index is 12.2. The lowest BCUT2D eigenvalue weighted by molar-refractivity contribution is -0.137. The molecule has 0 bridgehead atoms. The van der Waals surface area contributed by atoms with Crippen molar-refractivity contribution in [2.75, 3.05) is 13.6 Å². The normalized spacial score (nSPS) is 10.8. The molecule has 0 unspecified atom stereocenters. The number of hydrogen-bond acceptors (Lipinski definition) is 1. The van der Waals surface area contributed by atoms with Crippen LogP contribution < -0.4 is 5.32 Å². The summed E-state index contributed by atoms with van der Waals surface area (Å²) in [6.45, 7) is 0.771. The first-order valence-electron chi connectivity index (χ1n) is 4.85. The Morgan fingerprint density at radius 2 is 1.81 bits per heavy atom. The second kappa shape index (κ2) is 5.57. The van der Waals surface area contributed by atoms with E-state index in [2.05, 4.69) is 17.2 Å². The highest BCUT2D eigenvalue weighted by Crippen LogP contribution is 2.28. The Morgan fingerprint density at radius 3 is 2.31 bits per heavy atom. The Balaban J connectivity index is 2.67. The van der Waals surface area contributed by atoms with E-state index in [1.54, 1.807) is 0 Å². The number of hydrogen-bond donors (Lipinski definition) is 1. The third kappa shape index (κ3) is 3.95. The molecule has 0 aliphatic carbocycles. The molecule has 1 aromatic rings. The fourth-order valence-corrected chi connectivity index (χ4v) is 1.09. The van der Waals surface area contributed by atoms with E-state index in [9.17, 15) is 13.2 Å². The standard InChI is InChI=1S/C12H12F3N/c1-16-9-3-2-4-10-5-7-11(8-6-10)12(13,14)15/h5-8,16H,3,9H2,1H3. The zero-order valence-corrected chi connectivity index (χ0v) is 8.86. The van der Waals surface area contributed by atoms with Crippen LogP contribution in [-0.2, 0) is 6.18 Å². The van der Waals surface area contributed by atoms with Crippen LogP contribution in [0.25, 0.3) is 0 Å². The summed E-state index contributed by atoms with van der Waals surface area (Å²) < 4.78 is 36.7. The largest absolute Gasteiger partial charge is 0.416 e. The third-order valence-corrected chi connectivity index (χ3v) is 1.94. The first-order chi connectivity index (χ1) is 7.54. The molecule has 1 rings (SSSR count). The first kappa shape index (κ1) is 12.6. The Hall–Kier alpha value is -1.47. The van der Waals surface area contributed by atoms with Crippen molar-refractivity contribution >= 4 is 0 Å². The van der Waals surface area contributed by atoms with Crippen LogP contribution in [0.3, 0.4) is 0 Å². The maximum atomic E-state index is 12.2. The predicted molar refractivity (Wildman–Crippen MR) is 56.9 cm³/mol. The molecule has 0 aromatic heterocycles. The molecule has 0 radical (unpaired) electrons. The molecular weight excluding hydrogens is 215 g/mol. The number of halogens is 3. The van der Waals surface area contributed by atoms with Crippen molar-refractivity contribution in [2.45, 2.75) is 12.6 Å². The average Bonchev–Trinajstić information content (AvgIpc) is 2.24. The van der Waals surface area contributed by atoms with Crippen LogP contribution in [0.15, 0.2) is 24.3 Å². The highest BCUT2D eigenvalue weighted by atomic mass is 19.4. The second-order valence-electron chi connectivity index (χ2n) is 3.23. The van der Waals surface area contributed by atoms with Gasteiger partial charge in [-0.05, 0) is 31.3 Å². The van der Waals surface area contributed by atoms with Crippen molar-refractivity contribution in [1.29, 1.82) is 0 Å². The van der Waals surface area contributed by atoms with Crippen molar-refractivity contribution in [1.82, 2.24) is 5.32 Å². The van der Waals surface area contributed by atoms with Crippen LogP contribution in [-0.4, -0.2) is 13.6 Å². The second-order valence-corrected chi connectivity index (χ2v) is 3.23. The van der Waals surface area contributed by atoms with Crippen LogP contribution in [0.4, 0.5) is 13.2 Å². The van der Waals surface area contributed by atoms with Crippen molar-refractivity contribution in [3.63, 3.8) is 0 Å². The fourth-order valence-electron chi connectivity index (χ4n) is 1.09. The van der Waals surface area contributed by atoms with Crippen molar-refractivity contribution in [3.05, 3.63) is 35.4 Å². The quantitative estimate of drug-likeness (QED) is 0.605. The number of benzene rings is 1. The molecule has 0 saturated carbocycles. The van der Waals surface area contributed by atoms with Crippen molar-refractivity contribution in [3.8, 4) is 11.8 Å². The average molecular weight is 227 g/mol. The zero-order valence-electron chi connectivity index (χ0n) is 8.86. The summed E-state index contributed by atoms with van der Waals surface area (Å²) in [5, 5.41) is 2.93. The first-order valence-corrected chi connectivity index (χ1v) is 4.85.